The van der Waals surface area contributed by atoms with Crippen LogP contribution in [0.25, 0.3) is 11.0 Å². The summed E-state index contributed by atoms with van der Waals surface area (Å²) in [5, 5.41) is 3.61. The van der Waals surface area contributed by atoms with E-state index in [2.05, 4.69) is 16.9 Å². The van der Waals surface area contributed by atoms with Crippen LogP contribution >= 0.6 is 35.7 Å². The fourth-order valence-electron chi connectivity index (χ4n) is 2.55. The van der Waals surface area contributed by atoms with Crippen LogP contribution in [0.5, 0.6) is 0 Å². The molecule has 0 radical (unpaired) electrons. The van der Waals surface area contributed by atoms with E-state index in [1.54, 1.807) is 0 Å². The third-order valence-electron chi connectivity index (χ3n) is 3.76. The summed E-state index contributed by atoms with van der Waals surface area (Å²) in [7, 11) is 0. The molecule has 0 aliphatic carbocycles. The SMILES string of the molecule is C=CCn1c(SCC(=O)NCCN2C(=O)CSC2=S)nc2ccccc21. The third kappa shape index (κ3) is 4.28. The van der Waals surface area contributed by atoms with Gasteiger partial charge in [0, 0.05) is 19.6 Å². The number of amides is 2. The molecule has 6 nitrogen and oxygen atoms in total. The Morgan fingerprint density at radius 1 is 1.46 bits per heavy atom. The number of hydrogen-bond donors (Lipinski definition) is 1. The Balaban J connectivity index is 1.53. The second-order valence-corrected chi connectivity index (χ2v) is 8.07. The zero-order valence-corrected chi connectivity index (χ0v) is 16.5. The molecule has 1 aliphatic rings. The van der Waals surface area contributed by atoms with Crippen molar-refractivity contribution >= 4 is 62.9 Å². The number of aromatic nitrogens is 2. The summed E-state index contributed by atoms with van der Waals surface area (Å²) in [6.45, 7) is 5.22. The topological polar surface area (TPSA) is 67.2 Å². The highest BCUT2D eigenvalue weighted by Crippen LogP contribution is 2.24. The van der Waals surface area contributed by atoms with Crippen LogP contribution in [-0.4, -0.2) is 55.2 Å². The summed E-state index contributed by atoms with van der Waals surface area (Å²) in [4.78, 5) is 29.9. The molecule has 0 spiro atoms. The van der Waals surface area contributed by atoms with Gasteiger partial charge in [-0.05, 0) is 12.1 Å². The van der Waals surface area contributed by atoms with Crippen molar-refractivity contribution in [3.8, 4) is 0 Å². The molecule has 0 unspecified atom stereocenters. The van der Waals surface area contributed by atoms with Crippen molar-refractivity contribution in [2.24, 2.45) is 0 Å². The molecular weight excluding hydrogens is 388 g/mol. The normalized spacial score (nSPS) is 14.2. The molecular formula is C17H18N4O2S3. The van der Waals surface area contributed by atoms with Crippen molar-refractivity contribution in [3.63, 3.8) is 0 Å². The number of nitrogens with zero attached hydrogens (tertiary/aromatic N) is 3. The first-order valence-electron chi connectivity index (χ1n) is 8.03. The number of thiocarbonyl (C=S) groups is 1. The predicted octanol–water partition coefficient (Wildman–Crippen LogP) is 2.29. The van der Waals surface area contributed by atoms with E-state index in [0.29, 0.717) is 29.7 Å². The number of allylic oxidation sites excluding steroid dienone is 1. The van der Waals surface area contributed by atoms with Gasteiger partial charge in [-0.2, -0.15) is 0 Å². The largest absolute Gasteiger partial charge is 0.354 e. The monoisotopic (exact) mass is 406 g/mol. The lowest BCUT2D eigenvalue weighted by Gasteiger charge is -2.15. The van der Waals surface area contributed by atoms with E-state index in [0.717, 1.165) is 16.2 Å². The zero-order valence-electron chi connectivity index (χ0n) is 14.0. The first-order valence-corrected chi connectivity index (χ1v) is 10.4. The van der Waals surface area contributed by atoms with Crippen LogP contribution in [0.3, 0.4) is 0 Å². The van der Waals surface area contributed by atoms with Crippen molar-refractivity contribution in [3.05, 3.63) is 36.9 Å². The number of fused-ring (bicyclic) bond motifs is 1. The second-order valence-electron chi connectivity index (χ2n) is 5.52. The number of para-hydroxylation sites is 2. The number of benzene rings is 1. The Labute approximate surface area is 165 Å². The lowest BCUT2D eigenvalue weighted by Crippen LogP contribution is -2.37. The van der Waals surface area contributed by atoms with Gasteiger partial charge >= 0.3 is 0 Å². The van der Waals surface area contributed by atoms with Crippen LogP contribution in [0.1, 0.15) is 0 Å². The average molecular weight is 407 g/mol. The molecule has 26 heavy (non-hydrogen) atoms. The Hall–Kier alpha value is -1.84. The van der Waals surface area contributed by atoms with Gasteiger partial charge in [0.15, 0.2) is 5.16 Å². The zero-order chi connectivity index (χ0) is 18.5. The number of imidazole rings is 1. The predicted molar refractivity (Wildman–Crippen MR) is 110 cm³/mol. The molecule has 0 bridgehead atoms. The van der Waals surface area contributed by atoms with E-state index in [1.165, 1.54) is 28.4 Å². The summed E-state index contributed by atoms with van der Waals surface area (Å²) in [5.74, 6) is 0.551. The number of rotatable bonds is 8. The maximum Gasteiger partial charge on any atom is 0.238 e. The number of carbonyl (C=O) groups excluding carboxylic acids is 2. The maximum absolute atomic E-state index is 12.1. The van der Waals surface area contributed by atoms with Crippen LogP contribution in [-0.2, 0) is 16.1 Å². The molecule has 1 aromatic carbocycles. The highest BCUT2D eigenvalue weighted by atomic mass is 32.2. The van der Waals surface area contributed by atoms with Gasteiger partial charge in [-0.3, -0.25) is 14.5 Å². The molecule has 2 amide bonds. The molecule has 1 fully saturated rings. The molecule has 3 rings (SSSR count). The fourth-order valence-corrected chi connectivity index (χ4v) is 4.53. The van der Waals surface area contributed by atoms with Crippen molar-refractivity contribution < 1.29 is 9.59 Å². The third-order valence-corrected chi connectivity index (χ3v) is 6.17. The highest BCUT2D eigenvalue weighted by Gasteiger charge is 2.25. The maximum atomic E-state index is 12.1. The van der Waals surface area contributed by atoms with Crippen LogP contribution in [0, 0.1) is 0 Å². The van der Waals surface area contributed by atoms with Crippen molar-refractivity contribution in [1.29, 1.82) is 0 Å². The fraction of sp³-hybridized carbons (Fsp3) is 0.294. The average Bonchev–Trinajstić information content (AvgIpc) is 3.15. The van der Waals surface area contributed by atoms with Gasteiger partial charge in [0.2, 0.25) is 11.8 Å². The van der Waals surface area contributed by atoms with E-state index in [-0.39, 0.29) is 17.6 Å². The molecule has 1 saturated heterocycles. The van der Waals surface area contributed by atoms with Gasteiger partial charge < -0.3 is 9.88 Å². The number of nitrogens with one attached hydrogen (secondary N) is 1. The smallest absolute Gasteiger partial charge is 0.238 e. The Kier molecular flexibility index (Phi) is 6.33. The lowest BCUT2D eigenvalue weighted by atomic mass is 10.3. The second kappa shape index (κ2) is 8.70. The molecule has 9 heteroatoms. The molecule has 1 aliphatic heterocycles. The minimum absolute atomic E-state index is 0.00164. The Bertz CT molecular complexity index is 849. The van der Waals surface area contributed by atoms with Crippen LogP contribution in [0.2, 0.25) is 0 Å². The van der Waals surface area contributed by atoms with Gasteiger partial charge in [-0.25, -0.2) is 4.98 Å². The van der Waals surface area contributed by atoms with Gasteiger partial charge in [0.25, 0.3) is 0 Å². The van der Waals surface area contributed by atoms with E-state index in [1.807, 2.05) is 34.9 Å². The summed E-state index contributed by atoms with van der Waals surface area (Å²) in [5.41, 5.74) is 1.92. The molecule has 1 aromatic heterocycles. The van der Waals surface area contributed by atoms with Crippen LogP contribution in [0.15, 0.2) is 42.1 Å². The van der Waals surface area contributed by atoms with Crippen molar-refractivity contribution in [1.82, 2.24) is 19.8 Å². The Morgan fingerprint density at radius 3 is 3.00 bits per heavy atom. The van der Waals surface area contributed by atoms with Crippen molar-refractivity contribution in [2.75, 3.05) is 24.6 Å². The van der Waals surface area contributed by atoms with Crippen LogP contribution in [0.4, 0.5) is 0 Å². The number of hydrogen-bond acceptors (Lipinski definition) is 6. The summed E-state index contributed by atoms with van der Waals surface area (Å²) in [6, 6.07) is 7.86. The van der Waals surface area contributed by atoms with E-state index < -0.39 is 0 Å². The quantitative estimate of drug-likeness (QED) is 0.412. The van der Waals surface area contributed by atoms with E-state index >= 15 is 0 Å². The highest BCUT2D eigenvalue weighted by molar-refractivity contribution is 8.23. The summed E-state index contributed by atoms with van der Waals surface area (Å²) >= 11 is 7.86. The standard InChI is InChI=1S/C17H18N4O2S3/c1-2-8-20-13-6-4-3-5-12(13)19-16(20)25-10-14(22)18-7-9-21-15(23)11-26-17(21)24/h2-6H,1,7-11H2,(H,18,22). The van der Waals surface area contributed by atoms with E-state index in [9.17, 15) is 9.59 Å². The van der Waals surface area contributed by atoms with Crippen molar-refractivity contribution in [2.45, 2.75) is 11.7 Å². The number of thioether (sulfide) groups is 2. The first-order chi connectivity index (χ1) is 12.6. The molecule has 2 heterocycles. The number of carbonyl (C=O) groups is 2. The molecule has 1 N–H and O–H groups in total. The molecule has 0 atom stereocenters. The summed E-state index contributed by atoms with van der Waals surface area (Å²) < 4.78 is 2.62. The lowest BCUT2D eigenvalue weighted by molar-refractivity contribution is -0.124. The van der Waals surface area contributed by atoms with Crippen LogP contribution < -0.4 is 5.32 Å². The summed E-state index contributed by atoms with van der Waals surface area (Å²) in [6.07, 6.45) is 1.81. The minimum atomic E-state index is -0.0996. The molecule has 136 valence electrons. The molecule has 0 saturated carbocycles. The first kappa shape index (κ1) is 18.9. The van der Waals surface area contributed by atoms with E-state index in [4.69, 9.17) is 12.2 Å². The van der Waals surface area contributed by atoms with Gasteiger partial charge in [-0.15, -0.1) is 6.58 Å². The van der Waals surface area contributed by atoms with Gasteiger partial charge in [0.1, 0.15) is 4.32 Å². The van der Waals surface area contributed by atoms with Gasteiger partial charge in [-0.1, -0.05) is 54.0 Å². The molecule has 2 aromatic rings. The van der Waals surface area contributed by atoms with Gasteiger partial charge in [0.05, 0.1) is 22.5 Å². The minimum Gasteiger partial charge on any atom is -0.354 e. The Morgan fingerprint density at radius 2 is 2.27 bits per heavy atom.